The van der Waals surface area contributed by atoms with E-state index in [2.05, 4.69) is 68.5 Å². The van der Waals surface area contributed by atoms with E-state index in [9.17, 15) is 26.3 Å². The molecule has 8 rings (SSSR count). The molecule has 0 saturated heterocycles. The summed E-state index contributed by atoms with van der Waals surface area (Å²) < 4.78 is 147. The van der Waals surface area contributed by atoms with Crippen LogP contribution in [0.25, 0.3) is 22.3 Å². The SMILES string of the molecule is C[C-]=C(C)C(C)=CC.[B]=C1C=C([Si](C)(C)C=[Si](c2ccccc2)c2ccccc2)C(c2c(F)c(F)c(F)c(F)c2F)=C1c1c(F)c(F)c(F)c(F)c1F.[Zr+2].[c-]1cccc2c1Cc1ccccc1-2. The van der Waals surface area contributed by atoms with Crippen molar-refractivity contribution < 1.29 is 70.1 Å². The third-order valence-electron chi connectivity index (χ3n) is 11.4. The molecule has 337 valence electrons. The molecule has 0 aromatic heterocycles. The maximum absolute atomic E-state index is 15.4. The summed E-state index contributed by atoms with van der Waals surface area (Å²) in [6, 6.07) is 36.2. The first-order valence-corrected chi connectivity index (χ1v) is 25.2. The van der Waals surface area contributed by atoms with Crippen molar-refractivity contribution in [2.75, 3.05) is 0 Å². The molecule has 67 heavy (non-hydrogen) atoms. The van der Waals surface area contributed by atoms with Gasteiger partial charge in [-0.15, -0.1) is 19.4 Å². The van der Waals surface area contributed by atoms with Crippen LogP contribution in [0.1, 0.15) is 49.9 Å². The van der Waals surface area contributed by atoms with Crippen LogP contribution in [0, 0.1) is 70.3 Å². The Morgan fingerprint density at radius 3 is 1.51 bits per heavy atom. The van der Waals surface area contributed by atoms with E-state index in [1.54, 1.807) is 49.5 Å². The summed E-state index contributed by atoms with van der Waals surface area (Å²) >= 11 is 0. The minimum atomic E-state index is -3.38. The van der Waals surface area contributed by atoms with Gasteiger partial charge in [-0.05, 0) is 6.42 Å². The molecule has 0 nitrogen and oxygen atoms in total. The van der Waals surface area contributed by atoms with E-state index in [4.69, 9.17) is 7.49 Å². The Balaban J connectivity index is 0.000000310. The average Bonchev–Trinajstić information content (AvgIpc) is 3.89. The second kappa shape index (κ2) is 22.2. The third kappa shape index (κ3) is 10.7. The van der Waals surface area contributed by atoms with Crippen LogP contribution in [0.3, 0.4) is 0 Å². The van der Waals surface area contributed by atoms with Crippen LogP contribution < -0.4 is 10.4 Å². The fourth-order valence-corrected chi connectivity index (χ4v) is 15.4. The van der Waals surface area contributed by atoms with E-state index >= 15 is 17.6 Å². The van der Waals surface area contributed by atoms with Gasteiger partial charge in [0.2, 0.25) is 0 Å². The van der Waals surface area contributed by atoms with Crippen LogP contribution in [-0.4, -0.2) is 34.7 Å². The van der Waals surface area contributed by atoms with Gasteiger partial charge in [0.1, 0.15) is 0 Å². The maximum atomic E-state index is 15.4. The van der Waals surface area contributed by atoms with Gasteiger partial charge in [0.25, 0.3) is 0 Å². The number of hydrogen-bond donors (Lipinski definition) is 0. The third-order valence-corrected chi connectivity index (χ3v) is 19.1. The van der Waals surface area contributed by atoms with Crippen LogP contribution in [-0.2, 0) is 32.6 Å². The zero-order chi connectivity index (χ0) is 48.2. The molecule has 0 aliphatic heterocycles. The molecule has 6 aromatic carbocycles. The molecular weight excluding hydrogens is 985 g/mol. The fraction of sp³-hybridized carbons (Fsp3) is 0.132. The molecule has 0 heterocycles. The van der Waals surface area contributed by atoms with E-state index in [0.29, 0.717) is 0 Å². The van der Waals surface area contributed by atoms with E-state index in [0.717, 1.165) is 22.9 Å². The molecule has 0 amide bonds. The molecule has 0 atom stereocenters. The first-order valence-electron chi connectivity index (χ1n) is 20.5. The Labute approximate surface area is 406 Å². The van der Waals surface area contributed by atoms with Crippen molar-refractivity contribution in [2.24, 2.45) is 0 Å². The number of fused-ring (bicyclic) bond motifs is 3. The normalized spacial score (nSPS) is 13.1. The maximum Gasteiger partial charge on any atom is 2.00 e. The smallest absolute Gasteiger partial charge is 0.179 e. The summed E-state index contributed by atoms with van der Waals surface area (Å²) in [7, 11) is 0.833. The molecule has 0 spiro atoms. The monoisotopic (exact) mass is 1020 g/mol. The summed E-state index contributed by atoms with van der Waals surface area (Å²) in [6.45, 7) is 11.4. The van der Waals surface area contributed by atoms with Crippen molar-refractivity contribution >= 4 is 56.2 Å². The minimum Gasteiger partial charge on any atom is -0.179 e. The van der Waals surface area contributed by atoms with E-state index in [1.165, 1.54) is 33.4 Å². The summed E-state index contributed by atoms with van der Waals surface area (Å²) in [4.78, 5) is 0. The molecule has 0 saturated carbocycles. The van der Waals surface area contributed by atoms with Crippen molar-refractivity contribution in [2.45, 2.75) is 47.2 Å². The number of benzene rings is 6. The number of allylic oxidation sites excluding steroid dienone is 8. The fourth-order valence-electron chi connectivity index (χ4n) is 7.68. The number of hydrogen-bond acceptors (Lipinski definition) is 0. The van der Waals surface area contributed by atoms with Crippen molar-refractivity contribution in [1.29, 1.82) is 0 Å². The van der Waals surface area contributed by atoms with Gasteiger partial charge in [0.15, 0.2) is 0 Å². The van der Waals surface area contributed by atoms with Gasteiger partial charge >= 0.3 is 281 Å². The standard InChI is InChI=1S/C32H18BF10Si2.C13H9.C8H13.Zr/c1-45(2,14-44(15-9-5-3-6-10-15)16-11-7-4-8-12-16)18-13-17(33)19(21-23(34)27(38)31(42)28(39)24(21)35)20(18)22-25(36)29(40)32(43)30(41)26(22)37;1-3-7-12-10(5-1)9-11-6-2-4-8-13(11)12;1-5-7(3)8(4)6-2;/h3-14H,1-2H3;1-5,7-8H,9H2;5H,1-4H3;/q;2*-1;+2. The molecule has 0 unspecified atom stereocenters. The van der Waals surface area contributed by atoms with Crippen molar-refractivity contribution in [3.8, 4) is 11.1 Å². The Morgan fingerprint density at radius 1 is 0.612 bits per heavy atom. The molecule has 0 N–H and O–H groups in total. The van der Waals surface area contributed by atoms with Crippen LogP contribution >= 0.6 is 0 Å². The molecule has 0 fully saturated rings. The quantitative estimate of drug-likeness (QED) is 0.0373. The summed E-state index contributed by atoms with van der Waals surface area (Å²) in [5, 5.41) is 3.43. The van der Waals surface area contributed by atoms with Crippen molar-refractivity contribution in [3.63, 3.8) is 0 Å². The Kier molecular flexibility index (Phi) is 17.5. The topological polar surface area (TPSA) is 0 Å². The van der Waals surface area contributed by atoms with Crippen LogP contribution in [0.4, 0.5) is 43.9 Å². The number of halogens is 10. The zero-order valence-electron chi connectivity index (χ0n) is 37.1. The zero-order valence-corrected chi connectivity index (χ0v) is 41.6. The second-order valence-corrected chi connectivity index (χ2v) is 23.0. The van der Waals surface area contributed by atoms with Gasteiger partial charge in [0, 0.05) is 0 Å². The molecule has 2 aliphatic rings. The van der Waals surface area contributed by atoms with E-state index < -0.39 is 102 Å². The van der Waals surface area contributed by atoms with Gasteiger partial charge in [0.05, 0.1) is 0 Å². The van der Waals surface area contributed by atoms with E-state index in [-0.39, 0.29) is 31.4 Å². The molecular formula is C53H40BF10Si2Zr. The van der Waals surface area contributed by atoms with Gasteiger partial charge in [-0.2, -0.15) is 35.9 Å². The summed E-state index contributed by atoms with van der Waals surface area (Å²) in [5.74, 6) is -24.1. The van der Waals surface area contributed by atoms with Gasteiger partial charge in [-0.3, -0.25) is 6.08 Å². The Morgan fingerprint density at radius 2 is 1.04 bits per heavy atom. The molecule has 2 aliphatic carbocycles. The minimum absolute atomic E-state index is 0. The average molecular weight is 1030 g/mol. The van der Waals surface area contributed by atoms with Crippen LogP contribution in [0.15, 0.2) is 132 Å². The second-order valence-electron chi connectivity index (χ2n) is 15.9. The largest absolute Gasteiger partial charge is 2.00 e. The predicted octanol–water partition coefficient (Wildman–Crippen LogP) is 12.5. The van der Waals surface area contributed by atoms with Gasteiger partial charge in [-0.1, -0.05) is 49.2 Å². The first kappa shape index (κ1) is 52.7. The molecule has 0 bridgehead atoms. The molecule has 1 radical (unpaired) electrons. The van der Waals surface area contributed by atoms with E-state index in [1.807, 2.05) is 49.5 Å². The van der Waals surface area contributed by atoms with Crippen molar-refractivity contribution in [1.82, 2.24) is 0 Å². The first-order chi connectivity index (χ1) is 31.4. The van der Waals surface area contributed by atoms with Crippen LogP contribution in [0.5, 0.6) is 0 Å². The van der Waals surface area contributed by atoms with Crippen molar-refractivity contribution in [3.05, 3.63) is 224 Å². The molecule has 14 heteroatoms. The summed E-state index contributed by atoms with van der Waals surface area (Å²) in [5.41, 5.74) is 2.03. The number of rotatable bonds is 7. The summed E-state index contributed by atoms with van der Waals surface area (Å²) in [6.07, 6.45) is 7.23. The van der Waals surface area contributed by atoms with Crippen LogP contribution in [0.2, 0.25) is 13.1 Å². The van der Waals surface area contributed by atoms with Gasteiger partial charge < -0.3 is 0 Å². The van der Waals surface area contributed by atoms with Gasteiger partial charge in [-0.25, -0.2) is 11.1 Å². The molecule has 6 aromatic rings. The predicted molar refractivity (Wildman–Crippen MR) is 251 cm³/mol. The Hall–Kier alpha value is -5.30. The Bertz CT molecular complexity index is 2870.